The summed E-state index contributed by atoms with van der Waals surface area (Å²) < 4.78 is 33.5. The zero-order valence-corrected chi connectivity index (χ0v) is 19.8. The third-order valence-electron chi connectivity index (χ3n) is 5.67. The van der Waals surface area contributed by atoms with Crippen LogP contribution in [0.1, 0.15) is 22.3 Å². The summed E-state index contributed by atoms with van der Waals surface area (Å²) in [5.41, 5.74) is 4.97. The highest BCUT2D eigenvalue weighted by atomic mass is 32.2. The maximum atomic E-state index is 12.9. The van der Waals surface area contributed by atoms with Gasteiger partial charge in [0.15, 0.2) is 0 Å². The number of nitrogens with one attached hydrogen (secondary N) is 1. The van der Waals surface area contributed by atoms with Crippen LogP contribution < -0.4 is 10.3 Å². The Morgan fingerprint density at radius 2 is 1.71 bits per heavy atom. The van der Waals surface area contributed by atoms with Gasteiger partial charge in [0, 0.05) is 31.5 Å². The number of hydrogen-bond acceptors (Lipinski definition) is 5. The summed E-state index contributed by atoms with van der Waals surface area (Å²) in [7, 11) is -0.736. The predicted molar refractivity (Wildman–Crippen MR) is 133 cm³/mol. The average Bonchev–Trinajstić information content (AvgIpc) is 2.81. The number of benzene rings is 3. The van der Waals surface area contributed by atoms with Crippen molar-refractivity contribution in [3.05, 3.63) is 99.4 Å². The van der Waals surface area contributed by atoms with Gasteiger partial charge < -0.3 is 4.42 Å². The van der Waals surface area contributed by atoms with Gasteiger partial charge in [0.1, 0.15) is 5.58 Å². The van der Waals surface area contributed by atoms with Crippen LogP contribution >= 0.6 is 0 Å². The molecule has 1 N–H and O–H groups in total. The van der Waals surface area contributed by atoms with Crippen LogP contribution in [0.25, 0.3) is 22.1 Å². The number of aryl methyl sites for hydroxylation is 1. The lowest BCUT2D eigenvalue weighted by Crippen LogP contribution is -2.28. The van der Waals surface area contributed by atoms with Crippen molar-refractivity contribution < 1.29 is 12.8 Å². The van der Waals surface area contributed by atoms with E-state index in [2.05, 4.69) is 10.8 Å². The van der Waals surface area contributed by atoms with Crippen molar-refractivity contribution in [1.82, 2.24) is 4.31 Å². The van der Waals surface area contributed by atoms with Gasteiger partial charge in [-0.05, 0) is 59.5 Å². The molecule has 172 valence electrons. The second-order valence-corrected chi connectivity index (χ2v) is 10.0. The molecule has 0 aliphatic carbocycles. The number of anilines is 1. The van der Waals surface area contributed by atoms with Crippen LogP contribution in [0, 0.1) is 18.3 Å². The fraction of sp³-hybridized carbons (Fsp3) is 0.154. The lowest BCUT2D eigenvalue weighted by Gasteiger charge is -2.14. The molecule has 3 aromatic carbocycles. The van der Waals surface area contributed by atoms with Crippen LogP contribution in [0.2, 0.25) is 0 Å². The summed E-state index contributed by atoms with van der Waals surface area (Å²) in [6, 6.07) is 22.0. The first-order valence-corrected chi connectivity index (χ1v) is 12.0. The van der Waals surface area contributed by atoms with Gasteiger partial charge in [-0.15, -0.1) is 0 Å². The average molecular weight is 474 g/mol. The second kappa shape index (κ2) is 9.14. The highest BCUT2D eigenvalue weighted by Gasteiger charge is 2.15. The van der Waals surface area contributed by atoms with Gasteiger partial charge in [-0.1, -0.05) is 36.4 Å². The molecule has 0 radical (unpaired) electrons. The minimum Gasteiger partial charge on any atom is -0.422 e. The van der Waals surface area contributed by atoms with E-state index in [9.17, 15) is 13.2 Å². The molecule has 0 aliphatic rings. The Bertz CT molecular complexity index is 1580. The Kier molecular flexibility index (Phi) is 6.24. The second-order valence-electron chi connectivity index (χ2n) is 8.16. The summed E-state index contributed by atoms with van der Waals surface area (Å²) in [4.78, 5) is 12.9. The van der Waals surface area contributed by atoms with Crippen molar-refractivity contribution in [2.24, 2.45) is 0 Å². The minimum absolute atomic E-state index is 0.305. The first-order valence-electron chi connectivity index (χ1n) is 10.5. The topological polar surface area (TPSA) is 103 Å². The van der Waals surface area contributed by atoms with E-state index in [-0.39, 0.29) is 0 Å². The Morgan fingerprint density at radius 3 is 2.38 bits per heavy atom. The molecule has 1 heterocycles. The van der Waals surface area contributed by atoms with Crippen molar-refractivity contribution in [2.75, 3.05) is 18.8 Å². The van der Waals surface area contributed by atoms with E-state index in [1.807, 2.05) is 43.3 Å². The number of nitriles is 1. The van der Waals surface area contributed by atoms with Crippen molar-refractivity contribution in [1.29, 1.82) is 5.26 Å². The number of rotatable bonds is 6. The molecule has 0 unspecified atom stereocenters. The molecule has 7 nitrogen and oxygen atoms in total. The van der Waals surface area contributed by atoms with Gasteiger partial charge in [0.05, 0.1) is 17.3 Å². The monoisotopic (exact) mass is 473 g/mol. The number of hydrogen-bond donors (Lipinski definition) is 1. The molecule has 0 bridgehead atoms. The fourth-order valence-electron chi connectivity index (χ4n) is 3.70. The standard InChI is InChI=1S/C26H23N3O4S/c1-17-23-12-11-21(20-9-7-18(16-27)8-10-20)15-25(23)33-26(30)24(17)14-19-5-4-6-22(13-19)28-34(31,32)29(2)3/h4-13,15,28H,14H2,1-3H3. The van der Waals surface area contributed by atoms with E-state index in [1.54, 1.807) is 30.3 Å². The van der Waals surface area contributed by atoms with E-state index in [0.717, 1.165) is 31.9 Å². The first-order chi connectivity index (χ1) is 16.2. The Morgan fingerprint density at radius 1 is 1.00 bits per heavy atom. The smallest absolute Gasteiger partial charge is 0.340 e. The van der Waals surface area contributed by atoms with Crippen molar-refractivity contribution >= 4 is 26.9 Å². The zero-order valence-electron chi connectivity index (χ0n) is 19.0. The van der Waals surface area contributed by atoms with Gasteiger partial charge in [0.25, 0.3) is 0 Å². The van der Waals surface area contributed by atoms with Crippen LogP contribution in [0.4, 0.5) is 5.69 Å². The zero-order chi connectivity index (χ0) is 24.5. The molecule has 0 saturated carbocycles. The number of fused-ring (bicyclic) bond motifs is 1. The van der Waals surface area contributed by atoms with Crippen LogP contribution in [-0.2, 0) is 16.6 Å². The highest BCUT2D eigenvalue weighted by Crippen LogP contribution is 2.28. The summed E-state index contributed by atoms with van der Waals surface area (Å²) in [6.45, 7) is 1.88. The molecule has 4 aromatic rings. The normalized spacial score (nSPS) is 11.5. The molecular weight excluding hydrogens is 450 g/mol. The van der Waals surface area contributed by atoms with Crippen LogP contribution in [0.15, 0.2) is 75.9 Å². The fourth-order valence-corrected chi connectivity index (χ4v) is 4.31. The van der Waals surface area contributed by atoms with Crippen LogP contribution in [0.3, 0.4) is 0 Å². The van der Waals surface area contributed by atoms with Gasteiger partial charge in [-0.2, -0.15) is 18.0 Å². The number of nitrogens with zero attached hydrogens (tertiary/aromatic N) is 2. The molecule has 0 spiro atoms. The van der Waals surface area contributed by atoms with Gasteiger partial charge in [-0.25, -0.2) is 4.79 Å². The Hall–Kier alpha value is -3.93. The molecule has 4 rings (SSSR count). The minimum atomic E-state index is -3.63. The maximum absolute atomic E-state index is 12.9. The maximum Gasteiger partial charge on any atom is 0.340 e. The van der Waals surface area contributed by atoms with E-state index >= 15 is 0 Å². The van der Waals surface area contributed by atoms with E-state index in [0.29, 0.717) is 28.8 Å². The first kappa shape index (κ1) is 23.2. The molecule has 0 atom stereocenters. The van der Waals surface area contributed by atoms with Gasteiger partial charge in [0.2, 0.25) is 0 Å². The van der Waals surface area contributed by atoms with Gasteiger partial charge in [-0.3, -0.25) is 4.72 Å². The quantitative estimate of drug-likeness (QED) is 0.417. The summed E-state index contributed by atoms with van der Waals surface area (Å²) >= 11 is 0. The lowest BCUT2D eigenvalue weighted by atomic mass is 9.97. The Labute approximate surface area is 198 Å². The lowest BCUT2D eigenvalue weighted by molar-refractivity contribution is 0.527. The largest absolute Gasteiger partial charge is 0.422 e. The molecule has 8 heteroatoms. The molecular formula is C26H23N3O4S. The summed E-state index contributed by atoms with van der Waals surface area (Å²) in [5.74, 6) is 0. The van der Waals surface area contributed by atoms with Crippen LogP contribution in [0.5, 0.6) is 0 Å². The van der Waals surface area contributed by atoms with Gasteiger partial charge >= 0.3 is 15.8 Å². The van der Waals surface area contributed by atoms with Crippen LogP contribution in [-0.4, -0.2) is 26.8 Å². The van der Waals surface area contributed by atoms with Crippen molar-refractivity contribution in [2.45, 2.75) is 13.3 Å². The molecule has 0 aliphatic heterocycles. The summed E-state index contributed by atoms with van der Waals surface area (Å²) in [5, 5.41) is 9.82. The van der Waals surface area contributed by atoms with Crippen molar-refractivity contribution in [3.8, 4) is 17.2 Å². The molecule has 0 saturated heterocycles. The predicted octanol–water partition coefficient (Wildman–Crippen LogP) is 4.45. The Balaban J connectivity index is 1.67. The van der Waals surface area contributed by atoms with E-state index < -0.39 is 15.8 Å². The molecule has 0 fully saturated rings. The third-order valence-corrected chi connectivity index (χ3v) is 7.13. The van der Waals surface area contributed by atoms with Crippen molar-refractivity contribution in [3.63, 3.8) is 0 Å². The molecule has 0 amide bonds. The summed E-state index contributed by atoms with van der Waals surface area (Å²) in [6.07, 6.45) is 0.305. The molecule has 34 heavy (non-hydrogen) atoms. The van der Waals surface area contributed by atoms with E-state index in [1.165, 1.54) is 14.1 Å². The molecule has 1 aromatic heterocycles. The van der Waals surface area contributed by atoms with E-state index in [4.69, 9.17) is 9.68 Å². The third kappa shape index (κ3) is 4.71. The SMILES string of the molecule is Cc1c(Cc2cccc(NS(=O)(=O)N(C)C)c2)c(=O)oc2cc(-c3ccc(C#N)cc3)ccc12. The highest BCUT2D eigenvalue weighted by molar-refractivity contribution is 7.90.